The van der Waals surface area contributed by atoms with Crippen molar-refractivity contribution in [3.63, 3.8) is 0 Å². The molecular weight excluding hydrogens is 312 g/mol. The van der Waals surface area contributed by atoms with Crippen LogP contribution in [-0.2, 0) is 4.79 Å². The second-order valence-corrected chi connectivity index (χ2v) is 7.49. The van der Waals surface area contributed by atoms with Gasteiger partial charge in [0.15, 0.2) is 0 Å². The molecule has 5 heteroatoms. The van der Waals surface area contributed by atoms with Gasteiger partial charge >= 0.3 is 0 Å². The Labute approximate surface area is 151 Å². The molecule has 0 saturated carbocycles. The molecule has 1 aromatic rings. The van der Waals surface area contributed by atoms with Crippen molar-refractivity contribution in [2.45, 2.75) is 44.7 Å². The molecule has 1 amide bonds. The molecule has 0 spiro atoms. The zero-order chi connectivity index (χ0) is 17.6. The van der Waals surface area contributed by atoms with Crippen LogP contribution >= 0.6 is 0 Å². The fourth-order valence-corrected chi connectivity index (χ4v) is 4.05. The normalized spacial score (nSPS) is 25.2. The maximum atomic E-state index is 12.5. The van der Waals surface area contributed by atoms with Crippen molar-refractivity contribution in [3.05, 3.63) is 30.3 Å². The molecule has 2 atom stereocenters. The van der Waals surface area contributed by atoms with Crippen LogP contribution in [0.1, 0.15) is 32.6 Å². The van der Waals surface area contributed by atoms with E-state index >= 15 is 0 Å². The number of hydrogen-bond acceptors (Lipinski definition) is 4. The summed E-state index contributed by atoms with van der Waals surface area (Å²) in [4.78, 5) is 19.4. The van der Waals surface area contributed by atoms with Gasteiger partial charge in [0, 0.05) is 56.9 Å². The lowest BCUT2D eigenvalue weighted by Gasteiger charge is -2.37. The Morgan fingerprint density at radius 1 is 1.12 bits per heavy atom. The Morgan fingerprint density at radius 2 is 1.84 bits per heavy atom. The van der Waals surface area contributed by atoms with Gasteiger partial charge in [-0.15, -0.1) is 0 Å². The third kappa shape index (κ3) is 4.95. The summed E-state index contributed by atoms with van der Waals surface area (Å²) in [5.74, 6) is 0.308. The van der Waals surface area contributed by atoms with Crippen LogP contribution in [0.2, 0.25) is 0 Å². The molecule has 0 bridgehead atoms. The Kier molecular flexibility index (Phi) is 6.32. The number of piperidine rings is 1. The molecule has 2 N–H and O–H groups in total. The zero-order valence-corrected chi connectivity index (χ0v) is 15.4. The minimum atomic E-state index is 0.264. The molecule has 5 nitrogen and oxygen atoms in total. The summed E-state index contributed by atoms with van der Waals surface area (Å²) in [6.07, 6.45) is 3.50. The summed E-state index contributed by atoms with van der Waals surface area (Å²) in [5.41, 5.74) is 7.30. The molecule has 3 rings (SSSR count). The van der Waals surface area contributed by atoms with Crippen molar-refractivity contribution < 1.29 is 4.79 Å². The number of benzene rings is 1. The molecule has 2 unspecified atom stereocenters. The minimum Gasteiger partial charge on any atom is -0.369 e. The molecule has 0 radical (unpaired) electrons. The van der Waals surface area contributed by atoms with Crippen molar-refractivity contribution in [2.24, 2.45) is 5.73 Å². The lowest BCUT2D eigenvalue weighted by molar-refractivity contribution is -0.134. The van der Waals surface area contributed by atoms with Crippen LogP contribution in [0, 0.1) is 0 Å². The summed E-state index contributed by atoms with van der Waals surface area (Å²) in [5, 5.41) is 0. The number of nitrogens with zero attached hydrogens (tertiary/aromatic N) is 3. The highest BCUT2D eigenvalue weighted by molar-refractivity contribution is 5.76. The SMILES string of the molecule is CC1CC(N)CCN1C(=O)CCCN1CCN(c2ccccc2)CC1. The summed E-state index contributed by atoms with van der Waals surface area (Å²) < 4.78 is 0. The average Bonchev–Trinajstić information content (AvgIpc) is 2.63. The van der Waals surface area contributed by atoms with Gasteiger partial charge in [-0.05, 0) is 44.9 Å². The minimum absolute atomic E-state index is 0.264. The first-order valence-electron chi connectivity index (χ1n) is 9.71. The first kappa shape index (κ1) is 18.2. The summed E-state index contributed by atoms with van der Waals surface area (Å²) in [7, 11) is 0. The molecule has 138 valence electrons. The van der Waals surface area contributed by atoms with Gasteiger partial charge in [-0.2, -0.15) is 0 Å². The number of carbonyl (C=O) groups is 1. The van der Waals surface area contributed by atoms with E-state index in [4.69, 9.17) is 5.73 Å². The fourth-order valence-electron chi connectivity index (χ4n) is 4.05. The van der Waals surface area contributed by atoms with Crippen LogP contribution in [-0.4, -0.2) is 67.1 Å². The largest absolute Gasteiger partial charge is 0.369 e. The molecular formula is C20H32N4O. The van der Waals surface area contributed by atoms with Gasteiger partial charge in [0.1, 0.15) is 0 Å². The highest BCUT2D eigenvalue weighted by Crippen LogP contribution is 2.18. The van der Waals surface area contributed by atoms with Crippen LogP contribution < -0.4 is 10.6 Å². The van der Waals surface area contributed by atoms with E-state index < -0.39 is 0 Å². The standard InChI is InChI=1S/C20H32N4O/c1-17-16-18(21)9-11-24(17)20(25)8-5-10-22-12-14-23(15-13-22)19-6-3-2-4-7-19/h2-4,6-7,17-18H,5,8-16,21H2,1H3. The number of likely N-dealkylation sites (tertiary alicyclic amines) is 1. The highest BCUT2D eigenvalue weighted by Gasteiger charge is 2.26. The molecule has 2 saturated heterocycles. The quantitative estimate of drug-likeness (QED) is 0.887. The van der Waals surface area contributed by atoms with Crippen molar-refractivity contribution in [2.75, 3.05) is 44.2 Å². The number of hydrogen-bond donors (Lipinski definition) is 1. The van der Waals surface area contributed by atoms with E-state index in [-0.39, 0.29) is 6.04 Å². The lowest BCUT2D eigenvalue weighted by Crippen LogP contribution is -2.49. The average molecular weight is 345 g/mol. The van der Waals surface area contributed by atoms with Gasteiger partial charge in [-0.1, -0.05) is 18.2 Å². The summed E-state index contributed by atoms with van der Waals surface area (Å²) >= 11 is 0. The third-order valence-corrected chi connectivity index (χ3v) is 5.60. The van der Waals surface area contributed by atoms with E-state index in [9.17, 15) is 4.79 Å². The molecule has 2 aliphatic heterocycles. The topological polar surface area (TPSA) is 52.8 Å². The predicted molar refractivity (Wildman–Crippen MR) is 103 cm³/mol. The van der Waals surface area contributed by atoms with E-state index in [2.05, 4.69) is 47.1 Å². The van der Waals surface area contributed by atoms with Gasteiger partial charge in [0.05, 0.1) is 0 Å². The van der Waals surface area contributed by atoms with E-state index in [1.54, 1.807) is 0 Å². The van der Waals surface area contributed by atoms with Crippen LogP contribution in [0.15, 0.2) is 30.3 Å². The van der Waals surface area contributed by atoms with Gasteiger partial charge in [0.2, 0.25) is 5.91 Å². The van der Waals surface area contributed by atoms with E-state index in [0.717, 1.165) is 58.5 Å². The predicted octanol–water partition coefficient (Wildman–Crippen LogP) is 1.93. The Bertz CT molecular complexity index is 542. The van der Waals surface area contributed by atoms with Crippen molar-refractivity contribution in [1.82, 2.24) is 9.80 Å². The molecule has 0 aliphatic carbocycles. The second-order valence-electron chi connectivity index (χ2n) is 7.49. The smallest absolute Gasteiger partial charge is 0.222 e. The van der Waals surface area contributed by atoms with E-state index in [0.29, 0.717) is 18.4 Å². The number of amides is 1. The first-order valence-corrected chi connectivity index (χ1v) is 9.71. The Hall–Kier alpha value is -1.59. The van der Waals surface area contributed by atoms with Crippen LogP contribution in [0.25, 0.3) is 0 Å². The molecule has 2 fully saturated rings. The highest BCUT2D eigenvalue weighted by atomic mass is 16.2. The van der Waals surface area contributed by atoms with Gasteiger partial charge in [-0.3, -0.25) is 9.69 Å². The molecule has 2 heterocycles. The number of rotatable bonds is 5. The number of para-hydroxylation sites is 1. The molecule has 0 aromatic heterocycles. The summed E-state index contributed by atoms with van der Waals surface area (Å²) in [6.45, 7) is 8.28. The maximum absolute atomic E-state index is 12.5. The number of piperazine rings is 1. The van der Waals surface area contributed by atoms with Crippen molar-refractivity contribution in [1.29, 1.82) is 0 Å². The molecule has 1 aromatic carbocycles. The van der Waals surface area contributed by atoms with Gasteiger partial charge in [0.25, 0.3) is 0 Å². The second kappa shape index (κ2) is 8.68. The monoisotopic (exact) mass is 344 g/mol. The Balaban J connectivity index is 1.35. The maximum Gasteiger partial charge on any atom is 0.222 e. The van der Waals surface area contributed by atoms with Gasteiger partial charge < -0.3 is 15.5 Å². The molecule has 25 heavy (non-hydrogen) atoms. The fraction of sp³-hybridized carbons (Fsp3) is 0.650. The lowest BCUT2D eigenvalue weighted by atomic mass is 9.98. The number of nitrogens with two attached hydrogens (primary N) is 1. The van der Waals surface area contributed by atoms with Crippen molar-refractivity contribution >= 4 is 11.6 Å². The first-order chi connectivity index (χ1) is 12.1. The Morgan fingerprint density at radius 3 is 2.52 bits per heavy atom. The van der Waals surface area contributed by atoms with Crippen LogP contribution in [0.3, 0.4) is 0 Å². The van der Waals surface area contributed by atoms with E-state index in [1.165, 1.54) is 5.69 Å². The zero-order valence-electron chi connectivity index (χ0n) is 15.4. The van der Waals surface area contributed by atoms with E-state index in [1.807, 2.05) is 4.90 Å². The third-order valence-electron chi connectivity index (χ3n) is 5.60. The van der Waals surface area contributed by atoms with Crippen LogP contribution in [0.5, 0.6) is 0 Å². The molecule has 2 aliphatic rings. The number of carbonyl (C=O) groups excluding carboxylic acids is 1. The summed E-state index contributed by atoms with van der Waals surface area (Å²) in [6, 6.07) is 11.2. The number of anilines is 1. The van der Waals surface area contributed by atoms with Crippen LogP contribution in [0.4, 0.5) is 5.69 Å². The van der Waals surface area contributed by atoms with Crippen molar-refractivity contribution in [3.8, 4) is 0 Å². The van der Waals surface area contributed by atoms with Gasteiger partial charge in [-0.25, -0.2) is 0 Å².